The number of carbonyl (C=O) groups is 1. The Bertz CT molecular complexity index is 457. The number of rotatable bonds is 3. The fourth-order valence-corrected chi connectivity index (χ4v) is 1.89. The lowest BCUT2D eigenvalue weighted by atomic mass is 10.2. The van der Waals surface area contributed by atoms with Crippen LogP contribution < -0.4 is 20.7 Å². The fourth-order valence-electron chi connectivity index (χ4n) is 1.74. The zero-order valence-corrected chi connectivity index (χ0v) is 10.5. The number of amides is 1. The van der Waals surface area contributed by atoms with Crippen LogP contribution in [0.4, 0.5) is 5.95 Å². The van der Waals surface area contributed by atoms with E-state index in [1.165, 1.54) is 7.11 Å². The van der Waals surface area contributed by atoms with Gasteiger partial charge in [-0.3, -0.25) is 4.79 Å². The van der Waals surface area contributed by atoms with E-state index in [9.17, 15) is 4.79 Å². The largest absolute Gasteiger partial charge is 0.467 e. The fraction of sp³-hybridized carbons (Fsp3) is 0.556. The second kappa shape index (κ2) is 5.32. The second-order valence-corrected chi connectivity index (χ2v) is 4.04. The number of anilines is 1. The highest BCUT2D eigenvalue weighted by atomic mass is 35.5. The summed E-state index contributed by atoms with van der Waals surface area (Å²) in [4.78, 5) is 24.9. The van der Waals surface area contributed by atoms with Gasteiger partial charge in [-0.1, -0.05) is 0 Å². The summed E-state index contributed by atoms with van der Waals surface area (Å²) in [7, 11) is 1.43. The summed E-state index contributed by atoms with van der Waals surface area (Å²) in [6.45, 7) is 1.70. The number of hydrogen-bond donors (Lipinski definition) is 2. The van der Waals surface area contributed by atoms with Crippen LogP contribution in [0.15, 0.2) is 0 Å². The van der Waals surface area contributed by atoms with Crippen LogP contribution in [0.25, 0.3) is 0 Å². The molecule has 0 aromatic carbocycles. The van der Waals surface area contributed by atoms with Gasteiger partial charge in [0.15, 0.2) is 0 Å². The van der Waals surface area contributed by atoms with Gasteiger partial charge in [-0.05, 0) is 11.6 Å². The Kier molecular flexibility index (Phi) is 3.78. The maximum Gasteiger partial charge on any atom is 0.322 e. The molecule has 0 saturated carbocycles. The quantitative estimate of drug-likeness (QED) is 0.711. The highest BCUT2D eigenvalue weighted by Crippen LogP contribution is 2.17. The van der Waals surface area contributed by atoms with Crippen molar-refractivity contribution < 1.29 is 9.53 Å². The lowest BCUT2D eigenvalue weighted by molar-refractivity contribution is -0.119. The molecule has 1 atom stereocenters. The Hall–Kier alpha value is -1.67. The van der Waals surface area contributed by atoms with Crippen LogP contribution >= 0.6 is 11.6 Å². The lowest BCUT2D eigenvalue weighted by Crippen LogP contribution is -2.57. The van der Waals surface area contributed by atoms with Gasteiger partial charge in [-0.25, -0.2) is 0 Å². The van der Waals surface area contributed by atoms with Gasteiger partial charge in [0.1, 0.15) is 6.04 Å². The van der Waals surface area contributed by atoms with Gasteiger partial charge in [-0.2, -0.15) is 15.0 Å². The van der Waals surface area contributed by atoms with Gasteiger partial charge < -0.3 is 20.7 Å². The predicted octanol–water partition coefficient (Wildman–Crippen LogP) is -1.20. The molecule has 1 unspecified atom stereocenters. The van der Waals surface area contributed by atoms with Gasteiger partial charge in [0.25, 0.3) is 0 Å². The number of ether oxygens (including phenoxy) is 1. The summed E-state index contributed by atoms with van der Waals surface area (Å²) >= 11 is 5.77. The van der Waals surface area contributed by atoms with E-state index in [0.29, 0.717) is 19.6 Å². The summed E-state index contributed by atoms with van der Waals surface area (Å²) in [6, 6.07) is -0.409. The highest BCUT2D eigenvalue weighted by Gasteiger charge is 2.29. The maximum atomic E-state index is 11.4. The third kappa shape index (κ3) is 2.59. The molecule has 1 aliphatic heterocycles. The topological polar surface area (TPSA) is 106 Å². The molecule has 2 rings (SSSR count). The molecule has 0 spiro atoms. The average Bonchev–Trinajstić information content (AvgIpc) is 2.38. The number of nitrogens with two attached hydrogens (primary N) is 1. The number of halogens is 1. The minimum Gasteiger partial charge on any atom is -0.467 e. The Morgan fingerprint density at radius 2 is 2.33 bits per heavy atom. The van der Waals surface area contributed by atoms with Crippen LogP contribution in [0.1, 0.15) is 0 Å². The number of primary amides is 1. The molecule has 2 heterocycles. The van der Waals surface area contributed by atoms with E-state index in [1.54, 1.807) is 4.90 Å². The van der Waals surface area contributed by atoms with Crippen LogP contribution in [0.3, 0.4) is 0 Å². The van der Waals surface area contributed by atoms with E-state index >= 15 is 0 Å². The molecular formula is C9H13ClN6O2. The Morgan fingerprint density at radius 3 is 3.00 bits per heavy atom. The molecule has 0 aliphatic carbocycles. The number of nitrogens with zero attached hydrogens (tertiary/aromatic N) is 4. The maximum absolute atomic E-state index is 11.4. The molecule has 1 aromatic rings. The Balaban J connectivity index is 2.33. The molecule has 0 bridgehead atoms. The van der Waals surface area contributed by atoms with Crippen molar-refractivity contribution in [3.8, 4) is 6.01 Å². The van der Waals surface area contributed by atoms with Crippen molar-refractivity contribution in [2.24, 2.45) is 5.73 Å². The van der Waals surface area contributed by atoms with Crippen LogP contribution in [-0.2, 0) is 4.79 Å². The molecule has 0 radical (unpaired) electrons. The Labute approximate surface area is 109 Å². The minimum atomic E-state index is -0.512. The first-order valence-electron chi connectivity index (χ1n) is 5.34. The van der Waals surface area contributed by atoms with Crippen molar-refractivity contribution in [3.05, 3.63) is 5.28 Å². The van der Waals surface area contributed by atoms with Crippen LogP contribution in [-0.4, -0.2) is 53.6 Å². The van der Waals surface area contributed by atoms with Crippen molar-refractivity contribution in [2.45, 2.75) is 6.04 Å². The number of piperazine rings is 1. The van der Waals surface area contributed by atoms with E-state index in [-0.39, 0.29) is 17.2 Å². The molecule has 1 amide bonds. The van der Waals surface area contributed by atoms with Gasteiger partial charge in [0, 0.05) is 19.6 Å². The van der Waals surface area contributed by atoms with Gasteiger partial charge >= 0.3 is 6.01 Å². The van der Waals surface area contributed by atoms with Crippen LogP contribution in [0.2, 0.25) is 5.28 Å². The van der Waals surface area contributed by atoms with Gasteiger partial charge in [-0.15, -0.1) is 0 Å². The third-order valence-electron chi connectivity index (χ3n) is 2.59. The first kappa shape index (κ1) is 12.8. The first-order valence-corrected chi connectivity index (χ1v) is 5.72. The number of hydrogen-bond acceptors (Lipinski definition) is 7. The highest BCUT2D eigenvalue weighted by molar-refractivity contribution is 6.28. The molecule has 18 heavy (non-hydrogen) atoms. The molecule has 9 heteroatoms. The van der Waals surface area contributed by atoms with Crippen LogP contribution in [0, 0.1) is 0 Å². The third-order valence-corrected chi connectivity index (χ3v) is 2.76. The SMILES string of the molecule is COc1nc(Cl)nc(N2CCNCC2C(N)=O)n1. The van der Waals surface area contributed by atoms with Crippen molar-refractivity contribution in [1.29, 1.82) is 0 Å². The van der Waals surface area contributed by atoms with Crippen LogP contribution in [0.5, 0.6) is 6.01 Å². The van der Waals surface area contributed by atoms with Crippen molar-refractivity contribution in [2.75, 3.05) is 31.6 Å². The van der Waals surface area contributed by atoms with E-state index in [4.69, 9.17) is 22.1 Å². The molecule has 98 valence electrons. The lowest BCUT2D eigenvalue weighted by Gasteiger charge is -2.33. The summed E-state index contributed by atoms with van der Waals surface area (Å²) in [6.07, 6.45) is 0. The first-order chi connectivity index (χ1) is 8.61. The molecular weight excluding hydrogens is 260 g/mol. The summed E-state index contributed by atoms with van der Waals surface area (Å²) in [5.41, 5.74) is 5.35. The van der Waals surface area contributed by atoms with Crippen molar-refractivity contribution >= 4 is 23.5 Å². The van der Waals surface area contributed by atoms with E-state index < -0.39 is 11.9 Å². The average molecular weight is 273 g/mol. The molecule has 8 nitrogen and oxygen atoms in total. The zero-order chi connectivity index (χ0) is 13.1. The number of aromatic nitrogens is 3. The van der Waals surface area contributed by atoms with E-state index in [0.717, 1.165) is 0 Å². The van der Waals surface area contributed by atoms with E-state index in [1.807, 2.05) is 0 Å². The Morgan fingerprint density at radius 1 is 1.56 bits per heavy atom. The number of carbonyl (C=O) groups excluding carboxylic acids is 1. The summed E-state index contributed by atoms with van der Waals surface area (Å²) in [5, 5.41) is 3.09. The van der Waals surface area contributed by atoms with Crippen molar-refractivity contribution in [1.82, 2.24) is 20.3 Å². The van der Waals surface area contributed by atoms with Gasteiger partial charge in [0.2, 0.25) is 17.1 Å². The zero-order valence-electron chi connectivity index (χ0n) is 9.76. The predicted molar refractivity (Wildman–Crippen MR) is 64.6 cm³/mol. The second-order valence-electron chi connectivity index (χ2n) is 3.71. The molecule has 1 saturated heterocycles. The summed E-state index contributed by atoms with van der Waals surface area (Å²) < 4.78 is 4.92. The van der Waals surface area contributed by atoms with E-state index in [2.05, 4.69) is 20.3 Å². The number of methoxy groups -OCH3 is 1. The molecule has 1 aromatic heterocycles. The normalized spacial score (nSPS) is 19.7. The number of nitrogens with one attached hydrogen (secondary N) is 1. The monoisotopic (exact) mass is 272 g/mol. The minimum absolute atomic E-state index is 0.0126. The summed E-state index contributed by atoms with van der Waals surface area (Å²) in [5.74, 6) is -0.158. The molecule has 1 aliphatic rings. The standard InChI is InChI=1S/C9H13ClN6O2/c1-18-9-14-7(10)13-8(15-9)16-3-2-12-4-5(16)6(11)17/h5,12H,2-4H2,1H3,(H2,11,17). The van der Waals surface area contributed by atoms with Gasteiger partial charge in [0.05, 0.1) is 7.11 Å². The smallest absolute Gasteiger partial charge is 0.322 e. The molecule has 1 fully saturated rings. The van der Waals surface area contributed by atoms with Crippen molar-refractivity contribution in [3.63, 3.8) is 0 Å². The molecule has 3 N–H and O–H groups in total.